The molecule has 3 heteroatoms. The van der Waals surface area contributed by atoms with E-state index in [0.29, 0.717) is 5.56 Å². The van der Waals surface area contributed by atoms with Gasteiger partial charge in [0.2, 0.25) is 0 Å². The first-order chi connectivity index (χ1) is 9.36. The number of rotatable bonds is 1. The Morgan fingerprint density at radius 1 is 1.00 bits per heavy atom. The molecule has 1 aromatic heterocycles. The summed E-state index contributed by atoms with van der Waals surface area (Å²) in [6.45, 7) is 1.75. The fourth-order valence-corrected chi connectivity index (χ4v) is 2.76. The van der Waals surface area contributed by atoms with Gasteiger partial charge in [-0.1, -0.05) is 37.5 Å². The minimum Gasteiger partial charge on any atom is -0.463 e. The van der Waals surface area contributed by atoms with Crippen LogP contribution in [0.2, 0.25) is 0 Å². The van der Waals surface area contributed by atoms with E-state index in [0.717, 1.165) is 36.9 Å². The quantitative estimate of drug-likeness (QED) is 0.777. The first-order valence-electron chi connectivity index (χ1n) is 7.12. The van der Waals surface area contributed by atoms with Crippen molar-refractivity contribution in [3.63, 3.8) is 0 Å². The molecule has 1 aromatic carbocycles. The van der Waals surface area contributed by atoms with Crippen LogP contribution in [0.3, 0.4) is 0 Å². The van der Waals surface area contributed by atoms with E-state index < -0.39 is 0 Å². The topological polar surface area (TPSA) is 33.5 Å². The average Bonchev–Trinajstić information content (AvgIpc) is 2.81. The number of benzene rings is 1. The second-order valence-corrected chi connectivity index (χ2v) is 5.21. The minimum absolute atomic E-state index is 0.117. The lowest BCUT2D eigenvalue weighted by Gasteiger charge is -2.24. The standard InChI is InChI=1S/C16H19NO2/c18-16(17-10-6-2-1-3-7-11-17)14-12-19-15-9-5-4-8-13(14)15/h4-5,8-9,12H,1-3,6-7,10-11H2. The van der Waals surface area contributed by atoms with Crippen LogP contribution in [0, 0.1) is 0 Å². The van der Waals surface area contributed by atoms with Gasteiger partial charge in [0.1, 0.15) is 11.8 Å². The summed E-state index contributed by atoms with van der Waals surface area (Å²) in [6.07, 6.45) is 7.59. The summed E-state index contributed by atoms with van der Waals surface area (Å²) in [5.41, 5.74) is 1.49. The zero-order chi connectivity index (χ0) is 13.1. The third-order valence-electron chi connectivity index (χ3n) is 3.85. The molecule has 3 rings (SSSR count). The average molecular weight is 257 g/mol. The molecule has 100 valence electrons. The number of hydrogen-bond acceptors (Lipinski definition) is 2. The summed E-state index contributed by atoms with van der Waals surface area (Å²) >= 11 is 0. The summed E-state index contributed by atoms with van der Waals surface area (Å²) in [6, 6.07) is 7.73. The van der Waals surface area contributed by atoms with Gasteiger partial charge < -0.3 is 9.32 Å². The molecule has 0 atom stereocenters. The Hall–Kier alpha value is -1.77. The van der Waals surface area contributed by atoms with Crippen molar-refractivity contribution in [2.24, 2.45) is 0 Å². The van der Waals surface area contributed by atoms with E-state index in [9.17, 15) is 4.79 Å². The van der Waals surface area contributed by atoms with Crippen molar-refractivity contribution in [1.29, 1.82) is 0 Å². The first kappa shape index (κ1) is 12.3. The van der Waals surface area contributed by atoms with Gasteiger partial charge >= 0.3 is 0 Å². The maximum absolute atomic E-state index is 12.6. The molecule has 0 saturated carbocycles. The number of carbonyl (C=O) groups is 1. The SMILES string of the molecule is O=C(c1coc2ccccc12)N1CCCCCCC1. The van der Waals surface area contributed by atoms with Crippen LogP contribution in [0.4, 0.5) is 0 Å². The van der Waals surface area contributed by atoms with Crippen LogP contribution in [0.1, 0.15) is 42.5 Å². The number of para-hydroxylation sites is 1. The number of likely N-dealkylation sites (tertiary alicyclic amines) is 1. The molecule has 1 saturated heterocycles. The minimum atomic E-state index is 0.117. The van der Waals surface area contributed by atoms with E-state index in [1.165, 1.54) is 19.3 Å². The molecule has 0 aliphatic carbocycles. The number of fused-ring (bicyclic) bond motifs is 1. The van der Waals surface area contributed by atoms with Gasteiger partial charge in [0.05, 0.1) is 5.56 Å². The number of nitrogens with zero attached hydrogens (tertiary/aromatic N) is 1. The molecule has 2 aromatic rings. The number of carbonyl (C=O) groups excluding carboxylic acids is 1. The van der Waals surface area contributed by atoms with Gasteiger partial charge in [0, 0.05) is 18.5 Å². The second kappa shape index (κ2) is 5.47. The summed E-state index contributed by atoms with van der Waals surface area (Å²) in [5, 5.41) is 0.926. The van der Waals surface area contributed by atoms with Crippen molar-refractivity contribution < 1.29 is 9.21 Å². The molecular formula is C16H19NO2. The number of furan rings is 1. The van der Waals surface area contributed by atoms with E-state index in [2.05, 4.69) is 0 Å². The first-order valence-corrected chi connectivity index (χ1v) is 7.12. The Balaban J connectivity index is 1.85. The van der Waals surface area contributed by atoms with Gasteiger partial charge in [0.25, 0.3) is 5.91 Å². The molecule has 1 fully saturated rings. The highest BCUT2D eigenvalue weighted by atomic mass is 16.3. The lowest BCUT2D eigenvalue weighted by Crippen LogP contribution is -2.33. The van der Waals surface area contributed by atoms with Crippen LogP contribution in [0.5, 0.6) is 0 Å². The van der Waals surface area contributed by atoms with Crippen LogP contribution >= 0.6 is 0 Å². The van der Waals surface area contributed by atoms with Crippen molar-refractivity contribution in [2.45, 2.75) is 32.1 Å². The highest BCUT2D eigenvalue weighted by molar-refractivity contribution is 6.05. The van der Waals surface area contributed by atoms with Gasteiger partial charge in [-0.25, -0.2) is 0 Å². The largest absolute Gasteiger partial charge is 0.463 e. The van der Waals surface area contributed by atoms with Crippen molar-refractivity contribution in [2.75, 3.05) is 13.1 Å². The van der Waals surface area contributed by atoms with E-state index >= 15 is 0 Å². The van der Waals surface area contributed by atoms with E-state index in [1.54, 1.807) is 6.26 Å². The Labute approximate surface area is 113 Å². The van der Waals surface area contributed by atoms with E-state index in [1.807, 2.05) is 29.2 Å². The van der Waals surface area contributed by atoms with Gasteiger partial charge in [-0.3, -0.25) is 4.79 Å². The molecule has 2 heterocycles. The summed E-state index contributed by atoms with van der Waals surface area (Å²) in [4.78, 5) is 14.6. The predicted molar refractivity (Wildman–Crippen MR) is 75.2 cm³/mol. The van der Waals surface area contributed by atoms with Crippen molar-refractivity contribution in [1.82, 2.24) is 4.90 Å². The van der Waals surface area contributed by atoms with Crippen LogP contribution in [0.15, 0.2) is 34.9 Å². The van der Waals surface area contributed by atoms with Gasteiger partial charge in [-0.15, -0.1) is 0 Å². The zero-order valence-corrected chi connectivity index (χ0v) is 11.1. The van der Waals surface area contributed by atoms with Crippen LogP contribution in [0.25, 0.3) is 11.0 Å². The summed E-state index contributed by atoms with van der Waals surface area (Å²) in [5.74, 6) is 0.117. The van der Waals surface area contributed by atoms with Crippen LogP contribution in [-0.2, 0) is 0 Å². The number of amides is 1. The van der Waals surface area contributed by atoms with E-state index in [4.69, 9.17) is 4.42 Å². The second-order valence-electron chi connectivity index (χ2n) is 5.21. The molecule has 19 heavy (non-hydrogen) atoms. The zero-order valence-electron chi connectivity index (χ0n) is 11.1. The van der Waals surface area contributed by atoms with Crippen LogP contribution < -0.4 is 0 Å². The normalized spacial score (nSPS) is 17.2. The monoisotopic (exact) mass is 257 g/mol. The molecule has 3 nitrogen and oxygen atoms in total. The van der Waals surface area contributed by atoms with Gasteiger partial charge in [-0.2, -0.15) is 0 Å². The molecule has 0 bridgehead atoms. The summed E-state index contributed by atoms with van der Waals surface area (Å²) < 4.78 is 5.47. The van der Waals surface area contributed by atoms with Crippen molar-refractivity contribution >= 4 is 16.9 Å². The smallest absolute Gasteiger partial charge is 0.257 e. The summed E-state index contributed by atoms with van der Waals surface area (Å²) in [7, 11) is 0. The van der Waals surface area contributed by atoms with Gasteiger partial charge in [-0.05, 0) is 18.9 Å². The molecule has 1 amide bonds. The molecule has 0 unspecified atom stereocenters. The number of hydrogen-bond donors (Lipinski definition) is 0. The fourth-order valence-electron chi connectivity index (χ4n) is 2.76. The molecule has 0 N–H and O–H groups in total. The van der Waals surface area contributed by atoms with Crippen LogP contribution in [-0.4, -0.2) is 23.9 Å². The lowest BCUT2D eigenvalue weighted by atomic mass is 10.1. The highest BCUT2D eigenvalue weighted by Crippen LogP contribution is 2.23. The predicted octanol–water partition coefficient (Wildman–Crippen LogP) is 3.84. The fraction of sp³-hybridized carbons (Fsp3) is 0.438. The maximum Gasteiger partial charge on any atom is 0.257 e. The Morgan fingerprint density at radius 2 is 1.68 bits per heavy atom. The molecule has 1 aliphatic heterocycles. The maximum atomic E-state index is 12.6. The third-order valence-corrected chi connectivity index (χ3v) is 3.85. The van der Waals surface area contributed by atoms with E-state index in [-0.39, 0.29) is 5.91 Å². The molecule has 1 aliphatic rings. The van der Waals surface area contributed by atoms with Crippen molar-refractivity contribution in [3.8, 4) is 0 Å². The van der Waals surface area contributed by atoms with Gasteiger partial charge in [0.15, 0.2) is 0 Å². The molecule has 0 radical (unpaired) electrons. The third kappa shape index (κ3) is 2.50. The van der Waals surface area contributed by atoms with Crippen molar-refractivity contribution in [3.05, 3.63) is 36.1 Å². The Morgan fingerprint density at radius 3 is 2.47 bits per heavy atom. The molecule has 0 spiro atoms. The Bertz CT molecular complexity index is 565. The highest BCUT2D eigenvalue weighted by Gasteiger charge is 2.20. The Kier molecular flexibility index (Phi) is 3.53. The molecular weight excluding hydrogens is 238 g/mol. The lowest BCUT2D eigenvalue weighted by molar-refractivity contribution is 0.0743.